The average Bonchev–Trinajstić information content (AvgIpc) is 2.79. The first-order valence-corrected chi connectivity index (χ1v) is 9.92. The summed E-state index contributed by atoms with van der Waals surface area (Å²) in [5, 5.41) is 11.5. The van der Waals surface area contributed by atoms with Gasteiger partial charge < -0.3 is 9.84 Å². The summed E-state index contributed by atoms with van der Waals surface area (Å²) in [6, 6.07) is 0. The third kappa shape index (κ3) is 2.24. The van der Waals surface area contributed by atoms with Crippen molar-refractivity contribution in [1.29, 1.82) is 0 Å². The van der Waals surface area contributed by atoms with E-state index in [1.165, 1.54) is 6.92 Å². The second-order valence-electron chi connectivity index (χ2n) is 9.56. The number of rotatable bonds is 1. The molecule has 0 aromatic heterocycles. The summed E-state index contributed by atoms with van der Waals surface area (Å²) < 4.78 is 5.41. The monoisotopic (exact) mass is 358 g/mol. The van der Waals surface area contributed by atoms with E-state index in [1.807, 2.05) is 6.08 Å². The summed E-state index contributed by atoms with van der Waals surface area (Å²) >= 11 is 0. The smallest absolute Gasteiger partial charge is 0.302 e. The summed E-state index contributed by atoms with van der Waals surface area (Å²) in [5.41, 5.74) is -0.697. The van der Waals surface area contributed by atoms with Crippen LogP contribution in [-0.4, -0.2) is 28.6 Å². The molecular weight excluding hydrogens is 328 g/mol. The molecule has 0 heterocycles. The predicted molar refractivity (Wildman–Crippen MR) is 98.2 cm³/mol. The molecule has 0 spiro atoms. The van der Waals surface area contributed by atoms with Gasteiger partial charge in [-0.2, -0.15) is 0 Å². The Balaban J connectivity index is 1.67. The molecule has 26 heavy (non-hydrogen) atoms. The molecule has 0 bridgehead atoms. The van der Waals surface area contributed by atoms with Crippen LogP contribution in [0, 0.1) is 28.6 Å². The minimum atomic E-state index is -0.945. The van der Waals surface area contributed by atoms with Crippen LogP contribution in [0.5, 0.6) is 0 Å². The molecule has 142 valence electrons. The van der Waals surface area contributed by atoms with Crippen LogP contribution in [-0.2, 0) is 14.3 Å². The van der Waals surface area contributed by atoms with E-state index in [2.05, 4.69) is 26.5 Å². The van der Waals surface area contributed by atoms with Crippen molar-refractivity contribution in [2.24, 2.45) is 28.6 Å². The zero-order valence-corrected chi connectivity index (χ0v) is 16.1. The fraction of sp³-hybridized carbons (Fsp3) is 0.727. The molecule has 4 nitrogen and oxygen atoms in total. The topological polar surface area (TPSA) is 63.6 Å². The molecule has 4 rings (SSSR count). The van der Waals surface area contributed by atoms with Crippen molar-refractivity contribution in [1.82, 2.24) is 0 Å². The molecule has 2 unspecified atom stereocenters. The van der Waals surface area contributed by atoms with Crippen LogP contribution in [0.1, 0.15) is 59.3 Å². The van der Waals surface area contributed by atoms with Crippen LogP contribution in [0.3, 0.4) is 0 Å². The van der Waals surface area contributed by atoms with Crippen molar-refractivity contribution < 1.29 is 19.4 Å². The second kappa shape index (κ2) is 5.54. The van der Waals surface area contributed by atoms with Gasteiger partial charge >= 0.3 is 5.97 Å². The fourth-order valence-electron chi connectivity index (χ4n) is 6.69. The third-order valence-electron chi connectivity index (χ3n) is 8.29. The summed E-state index contributed by atoms with van der Waals surface area (Å²) in [4.78, 5) is 24.0. The Kier molecular flexibility index (Phi) is 3.83. The number of allylic oxidation sites excluding steroid dienone is 2. The maximum atomic E-state index is 12.7. The van der Waals surface area contributed by atoms with Crippen molar-refractivity contribution in [3.63, 3.8) is 0 Å². The highest BCUT2D eigenvalue weighted by Gasteiger charge is 2.63. The number of Topliss-reactive ketones (excluding diaryl/α,β-unsaturated/α-hetero) is 1. The minimum absolute atomic E-state index is 0.214. The predicted octanol–water partition coefficient (Wildman–Crippen LogP) is 3.59. The van der Waals surface area contributed by atoms with E-state index in [4.69, 9.17) is 4.74 Å². The maximum Gasteiger partial charge on any atom is 0.302 e. The van der Waals surface area contributed by atoms with Crippen LogP contribution in [0.25, 0.3) is 0 Å². The fourth-order valence-corrected chi connectivity index (χ4v) is 6.69. The molecule has 3 saturated carbocycles. The van der Waals surface area contributed by atoms with Gasteiger partial charge in [-0.05, 0) is 55.4 Å². The van der Waals surface area contributed by atoms with Gasteiger partial charge in [-0.15, -0.1) is 0 Å². The van der Waals surface area contributed by atoms with Gasteiger partial charge in [-0.3, -0.25) is 9.59 Å². The molecule has 0 radical (unpaired) electrons. The van der Waals surface area contributed by atoms with Gasteiger partial charge in [0.05, 0.1) is 5.60 Å². The van der Waals surface area contributed by atoms with E-state index in [9.17, 15) is 14.7 Å². The molecule has 3 fully saturated rings. The lowest BCUT2D eigenvalue weighted by Gasteiger charge is -2.60. The Morgan fingerprint density at radius 2 is 2.00 bits per heavy atom. The number of esters is 1. The summed E-state index contributed by atoms with van der Waals surface area (Å²) in [7, 11) is 0. The number of ether oxygens (including phenoxy) is 1. The first-order chi connectivity index (χ1) is 12.1. The normalized spacial score (nSPS) is 50.0. The molecule has 0 aromatic rings. The molecule has 1 N–H and O–H groups in total. The van der Waals surface area contributed by atoms with Gasteiger partial charge in [0.1, 0.15) is 6.10 Å². The number of carbonyl (C=O) groups is 2. The number of fused-ring (bicyclic) bond motifs is 5. The van der Waals surface area contributed by atoms with Crippen LogP contribution < -0.4 is 0 Å². The minimum Gasteiger partial charge on any atom is -0.462 e. The van der Waals surface area contributed by atoms with Gasteiger partial charge in [0.15, 0.2) is 5.78 Å². The molecule has 4 aliphatic rings. The van der Waals surface area contributed by atoms with E-state index in [0.717, 1.165) is 37.7 Å². The Morgan fingerprint density at radius 3 is 2.69 bits per heavy atom. The zero-order chi connectivity index (χ0) is 18.9. The maximum absolute atomic E-state index is 12.7. The van der Waals surface area contributed by atoms with Gasteiger partial charge in [0.2, 0.25) is 0 Å². The summed E-state index contributed by atoms with van der Waals surface area (Å²) in [5.74, 6) is 0.931. The zero-order valence-electron chi connectivity index (χ0n) is 16.1. The molecule has 0 aromatic carbocycles. The molecule has 0 saturated heterocycles. The number of hydrogen-bond donors (Lipinski definition) is 1. The highest BCUT2D eigenvalue weighted by Crippen LogP contribution is 2.65. The van der Waals surface area contributed by atoms with E-state index in [1.54, 1.807) is 0 Å². The van der Waals surface area contributed by atoms with Gasteiger partial charge in [0.25, 0.3) is 0 Å². The number of ketones is 1. The SMILES string of the molecule is C=C1C[C@H]2[C@@H]3C=CC4(O)CC(OC(C)=O)CC[C@]4(C)[C@@H]3CC[C@]2(C)C1=O. The number of carbonyl (C=O) groups excluding carboxylic acids is 2. The quantitative estimate of drug-likeness (QED) is 0.442. The van der Waals surface area contributed by atoms with E-state index >= 15 is 0 Å². The molecule has 0 aliphatic heterocycles. The van der Waals surface area contributed by atoms with Crippen LogP contribution >= 0.6 is 0 Å². The molecular formula is C22H30O4. The Hall–Kier alpha value is -1.42. The number of hydrogen-bond acceptors (Lipinski definition) is 4. The lowest BCUT2D eigenvalue weighted by Crippen LogP contribution is -2.61. The first-order valence-electron chi connectivity index (χ1n) is 9.92. The Labute approximate surface area is 155 Å². The first kappa shape index (κ1) is 18.0. The van der Waals surface area contributed by atoms with Crippen molar-refractivity contribution in [2.45, 2.75) is 71.0 Å². The Bertz CT molecular complexity index is 709. The van der Waals surface area contributed by atoms with E-state index < -0.39 is 5.60 Å². The standard InChI is InChI=1S/C22H30O4/c1-13-11-18-16-6-10-22(25)12-15(26-14(2)23)5-9-21(22,4)17(16)7-8-20(18,3)19(13)24/h6,10,15-18,25H,1,5,7-9,11-12H2,2-4H3/t15?,16-,17-,18+,20+,21-,22?/m1/s1. The Morgan fingerprint density at radius 1 is 1.27 bits per heavy atom. The van der Waals surface area contributed by atoms with Gasteiger partial charge in [-0.1, -0.05) is 32.6 Å². The number of aliphatic hydroxyl groups is 1. The van der Waals surface area contributed by atoms with Crippen molar-refractivity contribution >= 4 is 11.8 Å². The van der Waals surface area contributed by atoms with Crippen LogP contribution in [0.15, 0.2) is 24.3 Å². The van der Waals surface area contributed by atoms with Crippen LogP contribution in [0.2, 0.25) is 0 Å². The lowest BCUT2D eigenvalue weighted by atomic mass is 9.46. The second-order valence-corrected chi connectivity index (χ2v) is 9.56. The lowest BCUT2D eigenvalue weighted by molar-refractivity contribution is -0.180. The van der Waals surface area contributed by atoms with Gasteiger partial charge in [0, 0.05) is 24.2 Å². The largest absolute Gasteiger partial charge is 0.462 e. The highest BCUT2D eigenvalue weighted by molar-refractivity contribution is 6.02. The van der Waals surface area contributed by atoms with E-state index in [0.29, 0.717) is 24.2 Å². The molecule has 0 amide bonds. The third-order valence-corrected chi connectivity index (χ3v) is 8.29. The molecule has 4 heteroatoms. The average molecular weight is 358 g/mol. The van der Waals surface area contributed by atoms with Crippen molar-refractivity contribution in [3.8, 4) is 0 Å². The summed E-state index contributed by atoms with van der Waals surface area (Å²) in [6.45, 7) is 9.76. The van der Waals surface area contributed by atoms with E-state index in [-0.39, 0.29) is 28.7 Å². The van der Waals surface area contributed by atoms with Crippen LogP contribution in [0.4, 0.5) is 0 Å². The molecule has 7 atom stereocenters. The summed E-state index contributed by atoms with van der Waals surface area (Å²) in [6.07, 6.45) is 8.63. The van der Waals surface area contributed by atoms with Crippen molar-refractivity contribution in [3.05, 3.63) is 24.3 Å². The highest BCUT2D eigenvalue weighted by atomic mass is 16.5. The molecule has 4 aliphatic carbocycles. The van der Waals surface area contributed by atoms with Gasteiger partial charge in [-0.25, -0.2) is 0 Å². The van der Waals surface area contributed by atoms with Crippen molar-refractivity contribution in [2.75, 3.05) is 0 Å².